The van der Waals surface area contributed by atoms with Gasteiger partial charge in [0.25, 0.3) is 0 Å². The van der Waals surface area contributed by atoms with Crippen molar-refractivity contribution in [2.45, 2.75) is 38.6 Å². The maximum atomic E-state index is 5.68. The summed E-state index contributed by atoms with van der Waals surface area (Å²) in [5.74, 6) is 1.77. The van der Waals surface area contributed by atoms with Crippen molar-refractivity contribution in [1.82, 2.24) is 10.2 Å². The van der Waals surface area contributed by atoms with Crippen LogP contribution in [0.2, 0.25) is 0 Å². The van der Waals surface area contributed by atoms with E-state index in [4.69, 9.17) is 4.74 Å². The summed E-state index contributed by atoms with van der Waals surface area (Å²) in [6.07, 6.45) is 5.44. The van der Waals surface area contributed by atoms with Crippen molar-refractivity contribution in [3.63, 3.8) is 0 Å². The minimum Gasteiger partial charge on any atom is -0.380 e. The third kappa shape index (κ3) is 5.36. The molecule has 0 spiro atoms. The number of ether oxygens (including phenoxy) is 1. The highest BCUT2D eigenvalue weighted by molar-refractivity contribution is 4.77. The number of hydrogen-bond donors (Lipinski definition) is 1. The highest BCUT2D eigenvalue weighted by atomic mass is 16.5. The molecule has 2 atom stereocenters. The summed E-state index contributed by atoms with van der Waals surface area (Å²) in [4.78, 5) is 2.44. The van der Waals surface area contributed by atoms with Crippen molar-refractivity contribution in [3.05, 3.63) is 0 Å². The van der Waals surface area contributed by atoms with Crippen LogP contribution in [-0.4, -0.2) is 50.8 Å². The van der Waals surface area contributed by atoms with Gasteiger partial charge in [-0.3, -0.25) is 0 Å². The van der Waals surface area contributed by atoms with E-state index in [1.54, 1.807) is 0 Å². The maximum absolute atomic E-state index is 5.68. The van der Waals surface area contributed by atoms with Gasteiger partial charge in [0.2, 0.25) is 0 Å². The lowest BCUT2D eigenvalue weighted by molar-refractivity contribution is 0.0960. The van der Waals surface area contributed by atoms with Crippen LogP contribution in [0, 0.1) is 11.8 Å². The van der Waals surface area contributed by atoms with E-state index in [0.717, 1.165) is 31.6 Å². The largest absolute Gasteiger partial charge is 0.380 e. The zero-order valence-corrected chi connectivity index (χ0v) is 11.5. The Labute approximate surface area is 106 Å². The van der Waals surface area contributed by atoms with Crippen molar-refractivity contribution >= 4 is 0 Å². The third-order valence-corrected chi connectivity index (χ3v) is 3.97. The van der Waals surface area contributed by atoms with Gasteiger partial charge in [0, 0.05) is 25.7 Å². The van der Waals surface area contributed by atoms with Crippen molar-refractivity contribution in [3.8, 4) is 0 Å². The van der Waals surface area contributed by atoms with Gasteiger partial charge in [0.15, 0.2) is 0 Å². The Hall–Kier alpha value is -0.120. The smallest absolute Gasteiger partial charge is 0.0593 e. The van der Waals surface area contributed by atoms with E-state index in [9.17, 15) is 0 Å². The molecule has 0 aromatic rings. The summed E-state index contributed by atoms with van der Waals surface area (Å²) < 4.78 is 5.68. The van der Waals surface area contributed by atoms with Gasteiger partial charge in [0.1, 0.15) is 0 Å². The minimum atomic E-state index is 0.702. The Morgan fingerprint density at radius 2 is 2.06 bits per heavy atom. The monoisotopic (exact) mass is 240 g/mol. The first-order chi connectivity index (χ1) is 8.24. The van der Waals surface area contributed by atoms with Gasteiger partial charge in [-0.05, 0) is 58.0 Å². The number of nitrogens with zero attached hydrogens (tertiary/aromatic N) is 1. The van der Waals surface area contributed by atoms with Crippen molar-refractivity contribution < 1.29 is 4.74 Å². The Balaban J connectivity index is 1.51. The first kappa shape index (κ1) is 13.3. The lowest BCUT2D eigenvalue weighted by atomic mass is 9.93. The molecular formula is C14H28N2O. The molecule has 2 aliphatic rings. The Morgan fingerprint density at radius 3 is 2.76 bits per heavy atom. The van der Waals surface area contributed by atoms with Crippen LogP contribution < -0.4 is 5.32 Å². The maximum Gasteiger partial charge on any atom is 0.0593 e. The van der Waals surface area contributed by atoms with Crippen LogP contribution in [0.3, 0.4) is 0 Å². The molecule has 0 aromatic carbocycles. The molecule has 1 aliphatic carbocycles. The fourth-order valence-electron chi connectivity index (χ4n) is 2.69. The Kier molecular flexibility index (Phi) is 5.26. The zero-order chi connectivity index (χ0) is 12.1. The molecule has 1 heterocycles. The summed E-state index contributed by atoms with van der Waals surface area (Å²) in [6, 6.07) is 0.702. The lowest BCUT2D eigenvalue weighted by Crippen LogP contribution is -2.40. The standard InChI is InChI=1S/C14H28N2O/c1-12-9-14(5-6-15-12)10-16(2)7-8-17-11-13-3-4-13/h12-15H,3-11H2,1-2H3. The second-order valence-corrected chi connectivity index (χ2v) is 6.03. The lowest BCUT2D eigenvalue weighted by Gasteiger charge is -2.31. The van der Waals surface area contributed by atoms with Crippen molar-refractivity contribution in [2.75, 3.05) is 39.9 Å². The van der Waals surface area contributed by atoms with E-state index < -0.39 is 0 Å². The molecule has 1 aliphatic heterocycles. The zero-order valence-electron chi connectivity index (χ0n) is 11.5. The molecule has 1 saturated carbocycles. The van der Waals surface area contributed by atoms with Gasteiger partial charge < -0.3 is 15.0 Å². The molecule has 1 saturated heterocycles. The van der Waals surface area contributed by atoms with Gasteiger partial charge in [-0.2, -0.15) is 0 Å². The highest BCUT2D eigenvalue weighted by Crippen LogP contribution is 2.28. The predicted octanol–water partition coefficient (Wildman–Crippen LogP) is 1.73. The SMILES string of the molecule is CC1CC(CN(C)CCOCC2CC2)CCN1. The summed E-state index contributed by atoms with van der Waals surface area (Å²) in [6.45, 7) is 7.72. The third-order valence-electron chi connectivity index (χ3n) is 3.97. The molecule has 0 bridgehead atoms. The molecule has 17 heavy (non-hydrogen) atoms. The first-order valence-corrected chi connectivity index (χ1v) is 7.23. The highest BCUT2D eigenvalue weighted by Gasteiger charge is 2.21. The average Bonchev–Trinajstić information content (AvgIpc) is 3.08. The minimum absolute atomic E-state index is 0.702. The van der Waals surface area contributed by atoms with E-state index in [0.29, 0.717) is 6.04 Å². The van der Waals surface area contributed by atoms with Crippen LogP contribution in [0.5, 0.6) is 0 Å². The van der Waals surface area contributed by atoms with Crippen LogP contribution in [0.25, 0.3) is 0 Å². The summed E-state index contributed by atoms with van der Waals surface area (Å²) in [7, 11) is 2.23. The van der Waals surface area contributed by atoms with Gasteiger partial charge >= 0.3 is 0 Å². The molecule has 0 amide bonds. The summed E-state index contributed by atoms with van der Waals surface area (Å²) in [5.41, 5.74) is 0. The summed E-state index contributed by atoms with van der Waals surface area (Å²) >= 11 is 0. The number of hydrogen-bond acceptors (Lipinski definition) is 3. The van der Waals surface area contributed by atoms with Crippen LogP contribution in [0.4, 0.5) is 0 Å². The van der Waals surface area contributed by atoms with Crippen molar-refractivity contribution in [1.29, 1.82) is 0 Å². The van der Waals surface area contributed by atoms with Crippen LogP contribution in [0.15, 0.2) is 0 Å². The summed E-state index contributed by atoms with van der Waals surface area (Å²) in [5, 5.41) is 3.51. The number of likely N-dealkylation sites (N-methyl/N-ethyl adjacent to an activating group) is 1. The fourth-order valence-corrected chi connectivity index (χ4v) is 2.69. The van der Waals surface area contributed by atoms with Gasteiger partial charge in [-0.1, -0.05) is 0 Å². The quantitative estimate of drug-likeness (QED) is 0.686. The van der Waals surface area contributed by atoms with E-state index in [1.165, 1.54) is 38.8 Å². The van der Waals surface area contributed by atoms with Crippen LogP contribution in [-0.2, 0) is 4.74 Å². The molecule has 2 unspecified atom stereocenters. The molecule has 3 nitrogen and oxygen atoms in total. The molecule has 2 fully saturated rings. The van der Waals surface area contributed by atoms with Gasteiger partial charge in [0.05, 0.1) is 6.61 Å². The number of rotatable bonds is 7. The molecule has 2 rings (SSSR count). The molecule has 0 radical (unpaired) electrons. The van der Waals surface area contributed by atoms with E-state index >= 15 is 0 Å². The second-order valence-electron chi connectivity index (χ2n) is 6.03. The van der Waals surface area contributed by atoms with Gasteiger partial charge in [-0.25, -0.2) is 0 Å². The molecule has 1 N–H and O–H groups in total. The normalized spacial score (nSPS) is 29.8. The molecule has 100 valence electrons. The Bertz CT molecular complexity index is 218. The van der Waals surface area contributed by atoms with E-state index in [-0.39, 0.29) is 0 Å². The number of nitrogens with one attached hydrogen (secondary N) is 1. The van der Waals surface area contributed by atoms with Gasteiger partial charge in [-0.15, -0.1) is 0 Å². The van der Waals surface area contributed by atoms with Crippen LogP contribution >= 0.6 is 0 Å². The predicted molar refractivity (Wildman–Crippen MR) is 71.2 cm³/mol. The van der Waals surface area contributed by atoms with Crippen LogP contribution in [0.1, 0.15) is 32.6 Å². The first-order valence-electron chi connectivity index (χ1n) is 7.23. The second kappa shape index (κ2) is 6.72. The van der Waals surface area contributed by atoms with E-state index in [2.05, 4.69) is 24.2 Å². The molecule has 0 aromatic heterocycles. The molecular weight excluding hydrogens is 212 g/mol. The van der Waals surface area contributed by atoms with E-state index in [1.807, 2.05) is 0 Å². The average molecular weight is 240 g/mol. The van der Waals surface area contributed by atoms with Crippen molar-refractivity contribution in [2.24, 2.45) is 11.8 Å². The topological polar surface area (TPSA) is 24.5 Å². The fraction of sp³-hybridized carbons (Fsp3) is 1.00. The molecule has 3 heteroatoms. The Morgan fingerprint density at radius 1 is 1.24 bits per heavy atom. The number of piperidine rings is 1.